The van der Waals surface area contributed by atoms with Gasteiger partial charge in [0.25, 0.3) is 0 Å². The summed E-state index contributed by atoms with van der Waals surface area (Å²) in [6.45, 7) is 6.27. The highest BCUT2D eigenvalue weighted by atomic mass is 32.1. The van der Waals surface area contributed by atoms with E-state index in [0.717, 1.165) is 94.0 Å². The summed E-state index contributed by atoms with van der Waals surface area (Å²) in [6, 6.07) is 14.8. The lowest BCUT2D eigenvalue weighted by Gasteiger charge is -2.20. The summed E-state index contributed by atoms with van der Waals surface area (Å²) in [6.07, 6.45) is 8.81. The van der Waals surface area contributed by atoms with Crippen LogP contribution in [0.3, 0.4) is 0 Å². The first-order valence-corrected chi connectivity index (χ1v) is 16.3. The number of rotatable bonds is 14. The van der Waals surface area contributed by atoms with E-state index in [-0.39, 0.29) is 0 Å². The van der Waals surface area contributed by atoms with E-state index in [9.17, 15) is 15.3 Å². The van der Waals surface area contributed by atoms with E-state index in [1.54, 1.807) is 17.6 Å². The minimum absolute atomic E-state index is 0.416. The minimum atomic E-state index is -0.471. The maximum absolute atomic E-state index is 11.1. The first-order valence-electron chi connectivity index (χ1n) is 15.4. The van der Waals surface area contributed by atoms with Crippen molar-refractivity contribution in [1.29, 1.82) is 0 Å². The average Bonchev–Trinajstić information content (AvgIpc) is 3.63. The van der Waals surface area contributed by atoms with Gasteiger partial charge in [0.1, 0.15) is 5.58 Å². The van der Waals surface area contributed by atoms with Gasteiger partial charge in [0, 0.05) is 39.3 Å². The van der Waals surface area contributed by atoms with Crippen molar-refractivity contribution in [2.75, 3.05) is 0 Å². The minimum Gasteiger partial charge on any atom is -0.464 e. The fourth-order valence-corrected chi connectivity index (χ4v) is 7.06. The third kappa shape index (κ3) is 6.63. The van der Waals surface area contributed by atoms with E-state index < -0.39 is 18.3 Å². The third-order valence-corrected chi connectivity index (χ3v) is 9.02. The third-order valence-electron chi connectivity index (χ3n) is 8.14. The van der Waals surface area contributed by atoms with Crippen molar-refractivity contribution in [2.24, 2.45) is 0 Å². The fraction of sp³-hybridized carbons (Fsp3) is 0.417. The van der Waals surface area contributed by atoms with Crippen LogP contribution in [0.2, 0.25) is 0 Å². The lowest BCUT2D eigenvalue weighted by molar-refractivity contribution is 0.162. The largest absolute Gasteiger partial charge is 0.464 e. The Bertz CT molecular complexity index is 1620. The molecule has 3 N–H and O–H groups in total. The SMILES string of the molecule is CCCC(O)Cc1cc(-c2c(CC(O)CCC)cc(-c3c(CC(O)CCC)ccc4sccc34)c3occc23)ccn1. The summed E-state index contributed by atoms with van der Waals surface area (Å²) < 4.78 is 7.45. The van der Waals surface area contributed by atoms with Crippen molar-refractivity contribution in [3.63, 3.8) is 0 Å². The van der Waals surface area contributed by atoms with Gasteiger partial charge in [0.05, 0.1) is 24.6 Å². The number of furan rings is 1. The second-order valence-corrected chi connectivity index (χ2v) is 12.5. The van der Waals surface area contributed by atoms with E-state index in [1.807, 2.05) is 18.3 Å². The maximum Gasteiger partial charge on any atom is 0.142 e. The molecule has 0 amide bonds. The number of pyridine rings is 1. The number of fused-ring (bicyclic) bond motifs is 2. The normalized spacial score (nSPS) is 14.0. The number of hydrogen-bond donors (Lipinski definition) is 3. The highest BCUT2D eigenvalue weighted by Gasteiger charge is 2.23. The molecule has 3 atom stereocenters. The predicted molar refractivity (Wildman–Crippen MR) is 174 cm³/mol. The van der Waals surface area contributed by atoms with Crippen LogP contribution in [0.5, 0.6) is 0 Å². The fourth-order valence-electron chi connectivity index (χ4n) is 6.26. The van der Waals surface area contributed by atoms with Crippen molar-refractivity contribution in [2.45, 2.75) is 96.9 Å². The number of aliphatic hydroxyl groups is 3. The van der Waals surface area contributed by atoms with Crippen LogP contribution in [0.1, 0.15) is 76.1 Å². The highest BCUT2D eigenvalue weighted by molar-refractivity contribution is 7.17. The number of benzene rings is 2. The van der Waals surface area contributed by atoms with Gasteiger partial charge in [-0.05, 0) is 102 Å². The summed E-state index contributed by atoms with van der Waals surface area (Å²) in [7, 11) is 0. The molecule has 0 aliphatic heterocycles. The van der Waals surface area contributed by atoms with Crippen LogP contribution in [0, 0.1) is 0 Å². The van der Waals surface area contributed by atoms with Crippen molar-refractivity contribution in [3.05, 3.63) is 77.1 Å². The second-order valence-electron chi connectivity index (χ2n) is 11.5. The molecule has 6 heteroatoms. The topological polar surface area (TPSA) is 86.7 Å². The molecule has 0 spiro atoms. The molecule has 222 valence electrons. The summed E-state index contributed by atoms with van der Waals surface area (Å²) >= 11 is 1.71. The predicted octanol–water partition coefficient (Wildman–Crippen LogP) is 8.49. The van der Waals surface area contributed by atoms with Gasteiger partial charge >= 0.3 is 0 Å². The smallest absolute Gasteiger partial charge is 0.142 e. The molecule has 3 unspecified atom stereocenters. The maximum atomic E-state index is 11.1. The van der Waals surface area contributed by atoms with Crippen molar-refractivity contribution >= 4 is 32.4 Å². The average molecular weight is 586 g/mol. The Kier molecular flexibility index (Phi) is 10.1. The van der Waals surface area contributed by atoms with Gasteiger partial charge in [-0.25, -0.2) is 0 Å². The van der Waals surface area contributed by atoms with E-state index in [0.29, 0.717) is 19.3 Å². The number of aromatic nitrogens is 1. The summed E-state index contributed by atoms with van der Waals surface area (Å²) in [5.74, 6) is 0. The monoisotopic (exact) mass is 585 g/mol. The Labute approximate surface area is 252 Å². The molecule has 5 nitrogen and oxygen atoms in total. The van der Waals surface area contributed by atoms with Gasteiger partial charge in [-0.2, -0.15) is 0 Å². The molecule has 42 heavy (non-hydrogen) atoms. The summed E-state index contributed by atoms with van der Waals surface area (Å²) in [5.41, 5.74) is 7.94. The van der Waals surface area contributed by atoms with Gasteiger partial charge < -0.3 is 19.7 Å². The summed E-state index contributed by atoms with van der Waals surface area (Å²) in [4.78, 5) is 4.57. The number of hydrogen-bond acceptors (Lipinski definition) is 6. The van der Waals surface area contributed by atoms with Gasteiger partial charge in [-0.15, -0.1) is 11.3 Å². The summed E-state index contributed by atoms with van der Waals surface area (Å²) in [5, 5.41) is 36.6. The zero-order valence-corrected chi connectivity index (χ0v) is 25.8. The number of aliphatic hydroxyl groups excluding tert-OH is 3. The Hall–Kier alpha value is -3.03. The Morgan fingerprint density at radius 1 is 0.738 bits per heavy atom. The molecule has 0 aliphatic rings. The first kappa shape index (κ1) is 30.4. The molecule has 5 aromatic rings. The zero-order valence-electron chi connectivity index (χ0n) is 25.0. The standard InChI is InChI=1S/C36H43NO4S/c1-4-7-27(38)19-23-10-11-33-30(14-17-42-33)35(23)32-21-25(20-28(39)8-5-2)34(31-13-16-41-36(31)32)24-12-15-37-26(18-24)22-29(40)9-6-3/h10-18,21,27-29,38-40H,4-9,19-20,22H2,1-3H3. The second kappa shape index (κ2) is 14.0. The molecule has 0 aliphatic carbocycles. The van der Waals surface area contributed by atoms with Crippen LogP contribution in [0.4, 0.5) is 0 Å². The van der Waals surface area contributed by atoms with E-state index in [4.69, 9.17) is 4.42 Å². The molecule has 3 heterocycles. The zero-order chi connectivity index (χ0) is 29.6. The molecule has 0 saturated carbocycles. The lowest BCUT2D eigenvalue weighted by atomic mass is 9.85. The van der Waals surface area contributed by atoms with Crippen molar-refractivity contribution in [3.8, 4) is 22.3 Å². The Morgan fingerprint density at radius 2 is 1.43 bits per heavy atom. The Morgan fingerprint density at radius 3 is 2.14 bits per heavy atom. The van der Waals surface area contributed by atoms with Crippen LogP contribution in [0.15, 0.2) is 64.7 Å². The molecule has 3 aromatic heterocycles. The molecule has 0 fully saturated rings. The molecule has 0 bridgehead atoms. The van der Waals surface area contributed by atoms with Crippen LogP contribution >= 0.6 is 11.3 Å². The molecule has 0 saturated heterocycles. The van der Waals surface area contributed by atoms with E-state index >= 15 is 0 Å². The van der Waals surface area contributed by atoms with Crippen LogP contribution in [-0.4, -0.2) is 38.6 Å². The lowest BCUT2D eigenvalue weighted by Crippen LogP contribution is -2.12. The molecular formula is C36H43NO4S. The van der Waals surface area contributed by atoms with Gasteiger partial charge in [0.2, 0.25) is 0 Å². The van der Waals surface area contributed by atoms with Gasteiger partial charge in [-0.3, -0.25) is 4.98 Å². The highest BCUT2D eigenvalue weighted by Crippen LogP contribution is 2.44. The van der Waals surface area contributed by atoms with Gasteiger partial charge in [-0.1, -0.05) is 46.1 Å². The van der Waals surface area contributed by atoms with E-state index in [1.165, 1.54) is 4.70 Å². The number of nitrogens with zero attached hydrogens (tertiary/aromatic N) is 1. The molecule has 2 aromatic carbocycles. The number of thiophene rings is 1. The molecular weight excluding hydrogens is 542 g/mol. The van der Waals surface area contributed by atoms with Crippen LogP contribution in [-0.2, 0) is 19.3 Å². The molecule has 5 rings (SSSR count). The van der Waals surface area contributed by atoms with Crippen molar-refractivity contribution < 1.29 is 19.7 Å². The van der Waals surface area contributed by atoms with Gasteiger partial charge in [0.15, 0.2) is 0 Å². The Balaban J connectivity index is 1.72. The first-order chi connectivity index (χ1) is 20.4. The van der Waals surface area contributed by atoms with Crippen LogP contribution < -0.4 is 0 Å². The molecule has 0 radical (unpaired) electrons. The van der Waals surface area contributed by atoms with Crippen LogP contribution in [0.25, 0.3) is 43.3 Å². The quantitative estimate of drug-likeness (QED) is 0.122. The van der Waals surface area contributed by atoms with E-state index in [2.05, 4.69) is 61.5 Å². The van der Waals surface area contributed by atoms with Crippen molar-refractivity contribution in [1.82, 2.24) is 4.98 Å².